The van der Waals surface area contributed by atoms with Crippen molar-refractivity contribution in [3.05, 3.63) is 28.1 Å². The maximum atomic E-state index is 11.3. The van der Waals surface area contributed by atoms with E-state index in [0.29, 0.717) is 4.79 Å². The van der Waals surface area contributed by atoms with Crippen molar-refractivity contribution >= 4 is 6.09 Å². The fourth-order valence-electron chi connectivity index (χ4n) is 1.08. The number of hydrogen-bond acceptors (Lipinski definition) is 5. The van der Waals surface area contributed by atoms with Gasteiger partial charge < -0.3 is 20.2 Å². The van der Waals surface area contributed by atoms with Crippen LogP contribution in [0.25, 0.3) is 0 Å². The Kier molecular flexibility index (Phi) is 3.66. The fraction of sp³-hybridized carbons (Fsp3) is 0.556. The summed E-state index contributed by atoms with van der Waals surface area (Å²) in [5.74, 6) is 0. The van der Waals surface area contributed by atoms with Crippen LogP contribution in [0.15, 0.2) is 12.3 Å². The molecule has 8 heteroatoms. The maximum absolute atomic E-state index is 11.3. The quantitative estimate of drug-likeness (QED) is 0.628. The number of nitro groups is 1. The molecule has 0 aliphatic carbocycles. The molecule has 1 N–H and O–H groups in total. The van der Waals surface area contributed by atoms with Crippen molar-refractivity contribution in [1.29, 1.82) is 0 Å². The molecule has 8 nitrogen and oxygen atoms in total. The van der Waals surface area contributed by atoms with Gasteiger partial charge >= 0.3 is 6.09 Å². The van der Waals surface area contributed by atoms with E-state index in [9.17, 15) is 14.9 Å². The molecule has 0 bridgehead atoms. The van der Waals surface area contributed by atoms with E-state index in [4.69, 9.17) is 4.74 Å². The number of rotatable bonds is 3. The van der Waals surface area contributed by atoms with Gasteiger partial charge in [-0.1, -0.05) is 0 Å². The molecule has 1 aromatic rings. The summed E-state index contributed by atoms with van der Waals surface area (Å²) in [6.45, 7) is 5.17. The maximum Gasteiger partial charge on any atom is 0.407 e. The lowest BCUT2D eigenvalue weighted by atomic mass is 10.2. The predicted octanol–water partition coefficient (Wildman–Crippen LogP) is 0.948. The molecule has 0 aromatic carbocycles. The number of carbonyl (C=O) groups excluding carboxylic acids is 1. The zero-order chi connectivity index (χ0) is 13.1. The molecule has 1 aromatic heterocycles. The van der Waals surface area contributed by atoms with Gasteiger partial charge in [0.2, 0.25) is 0 Å². The summed E-state index contributed by atoms with van der Waals surface area (Å²) in [6.07, 6.45) is 0.656. The molecule has 1 rings (SSSR count). The standard InChI is InChI=1S/C9H14N4O4/c1-9(2,3)17-8(14)10-6-7-4-5-11-12(7)13(15)16/h4-5H,6H2,1-3H3,(H,10,14). The number of nitrogens with one attached hydrogen (secondary N) is 1. The molecule has 1 amide bonds. The van der Waals surface area contributed by atoms with Gasteiger partial charge in [-0.25, -0.2) is 4.79 Å². The second kappa shape index (κ2) is 4.81. The van der Waals surface area contributed by atoms with E-state index in [2.05, 4.69) is 10.4 Å². The SMILES string of the molecule is CC(C)(C)OC(=O)NCc1ccnn1[N+](=O)[O-]. The summed E-state index contributed by atoms with van der Waals surface area (Å²) in [5.41, 5.74) is -0.339. The van der Waals surface area contributed by atoms with Gasteiger partial charge in [-0.05, 0) is 20.8 Å². The second-order valence-electron chi connectivity index (χ2n) is 4.31. The minimum atomic E-state index is -0.674. The van der Waals surface area contributed by atoms with Gasteiger partial charge in [0.25, 0.3) is 0 Å². The number of carbonyl (C=O) groups is 1. The highest BCUT2D eigenvalue weighted by molar-refractivity contribution is 5.67. The minimum absolute atomic E-state index is 0.0180. The lowest BCUT2D eigenvalue weighted by molar-refractivity contribution is -0.554. The van der Waals surface area contributed by atoms with Crippen LogP contribution in [0.3, 0.4) is 0 Å². The number of alkyl carbamates (subject to hydrolysis) is 1. The Labute approximate surface area is 97.7 Å². The van der Waals surface area contributed by atoms with Crippen molar-refractivity contribution in [3.8, 4) is 0 Å². The van der Waals surface area contributed by atoms with Gasteiger partial charge in [0.15, 0.2) is 6.20 Å². The summed E-state index contributed by atoms with van der Waals surface area (Å²) < 4.78 is 4.99. The number of amides is 1. The Balaban J connectivity index is 2.53. The zero-order valence-corrected chi connectivity index (χ0v) is 9.84. The first-order valence-corrected chi connectivity index (χ1v) is 4.94. The minimum Gasteiger partial charge on any atom is -0.444 e. The van der Waals surface area contributed by atoms with E-state index in [0.717, 1.165) is 0 Å². The first-order chi connectivity index (χ1) is 7.79. The number of hydrogen-bond donors (Lipinski definition) is 1. The largest absolute Gasteiger partial charge is 0.444 e. The molecule has 0 aliphatic heterocycles. The lowest BCUT2D eigenvalue weighted by Gasteiger charge is -2.19. The van der Waals surface area contributed by atoms with Crippen LogP contribution < -0.4 is 5.32 Å². The van der Waals surface area contributed by atoms with Crippen molar-refractivity contribution in [2.75, 3.05) is 0 Å². The molecule has 0 radical (unpaired) electrons. The molecular weight excluding hydrogens is 228 g/mol. The van der Waals surface area contributed by atoms with Crippen LogP contribution in [0, 0.1) is 10.1 Å². The molecule has 1 heterocycles. The van der Waals surface area contributed by atoms with Crippen molar-refractivity contribution in [2.24, 2.45) is 0 Å². The van der Waals surface area contributed by atoms with Gasteiger partial charge in [0, 0.05) is 16.0 Å². The zero-order valence-electron chi connectivity index (χ0n) is 9.84. The van der Waals surface area contributed by atoms with Crippen LogP contribution in [0.5, 0.6) is 0 Å². The highest BCUT2D eigenvalue weighted by atomic mass is 16.7. The molecule has 0 saturated carbocycles. The van der Waals surface area contributed by atoms with Gasteiger partial charge in [-0.2, -0.15) is 0 Å². The first kappa shape index (κ1) is 12.9. The Morgan fingerprint density at radius 2 is 2.29 bits per heavy atom. The summed E-state index contributed by atoms with van der Waals surface area (Å²) in [6, 6.07) is 1.44. The molecule has 0 unspecified atom stereocenters. The molecule has 0 atom stereocenters. The summed E-state index contributed by atoms with van der Waals surface area (Å²) >= 11 is 0. The smallest absolute Gasteiger partial charge is 0.407 e. The van der Waals surface area contributed by atoms with Crippen molar-refractivity contribution in [3.63, 3.8) is 0 Å². The van der Waals surface area contributed by atoms with E-state index in [1.54, 1.807) is 20.8 Å². The predicted molar refractivity (Wildman–Crippen MR) is 57.7 cm³/mol. The number of aromatic nitrogens is 2. The molecule has 0 fully saturated rings. The van der Waals surface area contributed by atoms with Crippen molar-refractivity contribution < 1.29 is 14.6 Å². The van der Waals surface area contributed by atoms with Crippen LogP contribution in [-0.4, -0.2) is 26.6 Å². The topological polar surface area (TPSA) is 99.3 Å². The third-order valence-corrected chi connectivity index (χ3v) is 1.67. The highest BCUT2D eigenvalue weighted by Gasteiger charge is 2.17. The Bertz CT molecular complexity index is 421. The fourth-order valence-corrected chi connectivity index (χ4v) is 1.08. The van der Waals surface area contributed by atoms with E-state index < -0.39 is 16.7 Å². The first-order valence-electron chi connectivity index (χ1n) is 4.94. The third-order valence-electron chi connectivity index (χ3n) is 1.67. The Morgan fingerprint density at radius 1 is 1.65 bits per heavy atom. The van der Waals surface area contributed by atoms with Crippen LogP contribution in [0.2, 0.25) is 0 Å². The van der Waals surface area contributed by atoms with Crippen molar-refractivity contribution in [1.82, 2.24) is 15.2 Å². The Hall–Kier alpha value is -2.12. The van der Waals surface area contributed by atoms with Crippen LogP contribution in [0.1, 0.15) is 26.5 Å². The van der Waals surface area contributed by atoms with Gasteiger partial charge in [-0.15, -0.1) is 0 Å². The average Bonchev–Trinajstić information content (AvgIpc) is 2.59. The second-order valence-corrected chi connectivity index (χ2v) is 4.31. The normalized spacial score (nSPS) is 11.0. The number of ether oxygens (including phenoxy) is 1. The number of nitrogens with zero attached hydrogens (tertiary/aromatic N) is 3. The highest BCUT2D eigenvalue weighted by Crippen LogP contribution is 2.07. The Morgan fingerprint density at radius 3 is 2.82 bits per heavy atom. The van der Waals surface area contributed by atoms with Crippen LogP contribution >= 0.6 is 0 Å². The van der Waals surface area contributed by atoms with E-state index in [1.165, 1.54) is 12.3 Å². The van der Waals surface area contributed by atoms with Crippen LogP contribution in [-0.2, 0) is 11.3 Å². The van der Waals surface area contributed by atoms with E-state index in [1.807, 2.05) is 0 Å². The van der Waals surface area contributed by atoms with Crippen LogP contribution in [0.4, 0.5) is 4.79 Å². The monoisotopic (exact) mass is 242 g/mol. The van der Waals surface area contributed by atoms with E-state index >= 15 is 0 Å². The summed E-state index contributed by atoms with van der Waals surface area (Å²) in [7, 11) is 0. The average molecular weight is 242 g/mol. The lowest BCUT2D eigenvalue weighted by Crippen LogP contribution is -2.33. The molecule has 17 heavy (non-hydrogen) atoms. The van der Waals surface area contributed by atoms with Gasteiger partial charge in [0.1, 0.15) is 11.3 Å². The molecule has 0 aliphatic rings. The molecule has 94 valence electrons. The molecule has 0 saturated heterocycles. The summed E-state index contributed by atoms with van der Waals surface area (Å²) in [5, 5.41) is 15.7. The van der Waals surface area contributed by atoms with Gasteiger partial charge in [-0.3, -0.25) is 0 Å². The summed E-state index contributed by atoms with van der Waals surface area (Å²) in [4.78, 5) is 22.4. The third kappa shape index (κ3) is 4.09. The van der Waals surface area contributed by atoms with Gasteiger partial charge in [0.05, 0.1) is 11.6 Å². The van der Waals surface area contributed by atoms with Crippen molar-refractivity contribution in [2.45, 2.75) is 32.9 Å². The molecule has 0 spiro atoms. The molecular formula is C9H14N4O4. The van der Waals surface area contributed by atoms with E-state index in [-0.39, 0.29) is 12.2 Å².